The maximum Gasteiger partial charge on any atom is 0.335 e. The largest absolute Gasteiger partial charge is 0.478 e. The summed E-state index contributed by atoms with van der Waals surface area (Å²) < 4.78 is 24.7. The Hall–Kier alpha value is -1.89. The van der Waals surface area contributed by atoms with E-state index >= 15 is 0 Å². The Morgan fingerprint density at radius 2 is 1.90 bits per heavy atom. The highest BCUT2D eigenvalue weighted by Crippen LogP contribution is 2.18. The molecule has 0 bridgehead atoms. The second-order valence-electron chi connectivity index (χ2n) is 4.84. The lowest BCUT2D eigenvalue weighted by Crippen LogP contribution is -2.42. The zero-order valence-corrected chi connectivity index (χ0v) is 13.0. The molecule has 0 aliphatic carbocycles. The van der Waals surface area contributed by atoms with Crippen LogP contribution in [0.25, 0.3) is 0 Å². The molecule has 1 aromatic carbocycles. The molecule has 0 spiro atoms. The Morgan fingerprint density at radius 3 is 2.43 bits per heavy atom. The minimum Gasteiger partial charge on any atom is -0.478 e. The highest BCUT2D eigenvalue weighted by Gasteiger charge is 2.30. The molecule has 0 saturated heterocycles. The molecule has 0 fully saturated rings. The molecule has 2 unspecified atom stereocenters. The molecule has 2 N–H and O–H groups in total. The van der Waals surface area contributed by atoms with Crippen LogP contribution in [0.2, 0.25) is 0 Å². The number of sulfone groups is 1. The molecule has 6 nitrogen and oxygen atoms in total. The lowest BCUT2D eigenvalue weighted by Gasteiger charge is -2.17. The molecule has 2 atom stereocenters. The summed E-state index contributed by atoms with van der Waals surface area (Å²) in [5.41, 5.74) is -0.134. The fraction of sp³-hybridized carbons (Fsp3) is 0.429. The third kappa shape index (κ3) is 4.04. The Labute approximate surface area is 124 Å². The van der Waals surface area contributed by atoms with Crippen molar-refractivity contribution in [3.05, 3.63) is 29.8 Å². The molecule has 0 aliphatic rings. The van der Waals surface area contributed by atoms with Crippen molar-refractivity contribution in [2.75, 3.05) is 0 Å². The third-order valence-electron chi connectivity index (χ3n) is 3.25. The number of carboxylic acids is 1. The smallest absolute Gasteiger partial charge is 0.335 e. The summed E-state index contributed by atoms with van der Waals surface area (Å²) >= 11 is 0. The molecule has 1 aromatic rings. The zero-order valence-electron chi connectivity index (χ0n) is 12.2. The van der Waals surface area contributed by atoms with E-state index in [2.05, 4.69) is 5.32 Å². The van der Waals surface area contributed by atoms with E-state index < -0.39 is 27.0 Å². The third-order valence-corrected chi connectivity index (χ3v) is 5.30. The first kappa shape index (κ1) is 17.2. The van der Waals surface area contributed by atoms with Gasteiger partial charge in [-0.25, -0.2) is 13.2 Å². The van der Waals surface area contributed by atoms with Gasteiger partial charge in [0.25, 0.3) is 0 Å². The van der Waals surface area contributed by atoms with Gasteiger partial charge in [0, 0.05) is 6.04 Å². The van der Waals surface area contributed by atoms with E-state index in [1.165, 1.54) is 25.1 Å². The minimum absolute atomic E-state index is 0.125. The zero-order chi connectivity index (χ0) is 16.2. The van der Waals surface area contributed by atoms with Crippen LogP contribution in [0.3, 0.4) is 0 Å². The average Bonchev–Trinajstić information content (AvgIpc) is 2.46. The number of nitrogens with one attached hydrogen (secondary N) is 1. The first-order valence-electron chi connectivity index (χ1n) is 6.57. The van der Waals surface area contributed by atoms with Crippen LogP contribution < -0.4 is 5.32 Å². The molecule has 7 heteroatoms. The summed E-state index contributed by atoms with van der Waals surface area (Å²) in [6, 6.07) is 4.86. The molecular weight excluding hydrogens is 294 g/mol. The second kappa shape index (κ2) is 6.71. The monoisotopic (exact) mass is 313 g/mol. The highest BCUT2D eigenvalue weighted by atomic mass is 32.2. The van der Waals surface area contributed by atoms with E-state index in [-0.39, 0.29) is 16.5 Å². The number of hydrogen-bond acceptors (Lipinski definition) is 4. The Balaban J connectivity index is 3.07. The van der Waals surface area contributed by atoms with Crippen molar-refractivity contribution in [3.8, 4) is 0 Å². The van der Waals surface area contributed by atoms with Crippen molar-refractivity contribution in [1.29, 1.82) is 0 Å². The SMILES string of the molecule is CCC(C)NC(=O)C(C)S(=O)(=O)c1cccc(C(=O)O)c1. The van der Waals surface area contributed by atoms with Crippen LogP contribution >= 0.6 is 0 Å². The van der Waals surface area contributed by atoms with Gasteiger partial charge in [-0.05, 0) is 38.5 Å². The Morgan fingerprint density at radius 1 is 1.29 bits per heavy atom. The van der Waals surface area contributed by atoms with Gasteiger partial charge >= 0.3 is 5.97 Å². The van der Waals surface area contributed by atoms with E-state index in [9.17, 15) is 18.0 Å². The van der Waals surface area contributed by atoms with Crippen LogP contribution in [0.4, 0.5) is 0 Å². The molecule has 1 amide bonds. The van der Waals surface area contributed by atoms with Crippen molar-refractivity contribution in [2.45, 2.75) is 43.4 Å². The molecular formula is C14H19NO5S. The number of hydrogen-bond donors (Lipinski definition) is 2. The lowest BCUT2D eigenvalue weighted by atomic mass is 10.2. The van der Waals surface area contributed by atoms with Crippen LogP contribution in [0.15, 0.2) is 29.2 Å². The van der Waals surface area contributed by atoms with E-state index in [1.54, 1.807) is 6.92 Å². The molecule has 0 radical (unpaired) electrons. The quantitative estimate of drug-likeness (QED) is 0.828. The molecule has 116 valence electrons. The summed E-state index contributed by atoms with van der Waals surface area (Å²) in [5, 5.41) is 10.2. The van der Waals surface area contributed by atoms with E-state index in [0.717, 1.165) is 6.07 Å². The van der Waals surface area contributed by atoms with Crippen molar-refractivity contribution < 1.29 is 23.1 Å². The van der Waals surface area contributed by atoms with Crippen molar-refractivity contribution in [1.82, 2.24) is 5.32 Å². The van der Waals surface area contributed by atoms with Crippen LogP contribution in [-0.4, -0.2) is 36.7 Å². The van der Waals surface area contributed by atoms with Gasteiger partial charge in [0.05, 0.1) is 10.5 Å². The fourth-order valence-electron chi connectivity index (χ4n) is 1.61. The van der Waals surface area contributed by atoms with Gasteiger partial charge in [0.2, 0.25) is 5.91 Å². The number of rotatable bonds is 6. The Kier molecular flexibility index (Phi) is 5.48. The van der Waals surface area contributed by atoms with E-state index in [0.29, 0.717) is 6.42 Å². The van der Waals surface area contributed by atoms with Gasteiger partial charge < -0.3 is 10.4 Å². The number of amides is 1. The van der Waals surface area contributed by atoms with Crippen LogP contribution in [0, 0.1) is 0 Å². The van der Waals surface area contributed by atoms with Gasteiger partial charge in [-0.1, -0.05) is 13.0 Å². The van der Waals surface area contributed by atoms with Gasteiger partial charge in [-0.15, -0.1) is 0 Å². The summed E-state index contributed by atoms with van der Waals surface area (Å²) in [5.74, 6) is -1.81. The molecule has 0 heterocycles. The fourth-order valence-corrected chi connectivity index (χ4v) is 2.93. The van der Waals surface area contributed by atoms with Crippen molar-refractivity contribution in [3.63, 3.8) is 0 Å². The summed E-state index contributed by atoms with van der Waals surface area (Å²) in [6.07, 6.45) is 0.688. The first-order valence-corrected chi connectivity index (χ1v) is 8.12. The van der Waals surface area contributed by atoms with Crippen molar-refractivity contribution in [2.24, 2.45) is 0 Å². The maximum atomic E-state index is 12.4. The molecule has 0 aliphatic heterocycles. The standard InChI is InChI=1S/C14H19NO5S/c1-4-9(2)15-13(16)10(3)21(19,20)12-7-5-6-11(8-12)14(17)18/h5-10H,4H2,1-3H3,(H,15,16)(H,17,18). The predicted octanol–water partition coefficient (Wildman–Crippen LogP) is 1.46. The van der Waals surface area contributed by atoms with Gasteiger partial charge in [-0.3, -0.25) is 4.79 Å². The van der Waals surface area contributed by atoms with E-state index in [1.807, 2.05) is 6.92 Å². The number of benzene rings is 1. The first-order chi connectivity index (χ1) is 9.70. The molecule has 1 rings (SSSR count). The minimum atomic E-state index is -3.92. The van der Waals surface area contributed by atoms with E-state index in [4.69, 9.17) is 5.11 Å². The Bertz CT molecular complexity index is 639. The lowest BCUT2D eigenvalue weighted by molar-refractivity contribution is -0.121. The van der Waals surface area contributed by atoms with Gasteiger partial charge in [0.15, 0.2) is 9.84 Å². The normalized spacial score (nSPS) is 14.2. The molecule has 0 aromatic heterocycles. The van der Waals surface area contributed by atoms with Crippen LogP contribution in [0.1, 0.15) is 37.6 Å². The van der Waals surface area contributed by atoms with Crippen LogP contribution in [0.5, 0.6) is 0 Å². The average molecular weight is 313 g/mol. The highest BCUT2D eigenvalue weighted by molar-refractivity contribution is 7.92. The number of aromatic carboxylic acids is 1. The van der Waals surface area contributed by atoms with Crippen LogP contribution in [-0.2, 0) is 14.6 Å². The topological polar surface area (TPSA) is 101 Å². The number of carbonyl (C=O) groups is 2. The molecule has 0 saturated carbocycles. The maximum absolute atomic E-state index is 12.4. The van der Waals surface area contributed by atoms with Gasteiger partial charge in [-0.2, -0.15) is 0 Å². The summed E-state index contributed by atoms with van der Waals surface area (Å²) in [7, 11) is -3.92. The number of carboxylic acid groups (broad SMARTS) is 1. The van der Waals surface area contributed by atoms with Gasteiger partial charge in [0.1, 0.15) is 5.25 Å². The summed E-state index contributed by atoms with van der Waals surface area (Å²) in [6.45, 7) is 4.95. The second-order valence-corrected chi connectivity index (χ2v) is 7.11. The molecule has 21 heavy (non-hydrogen) atoms. The number of carbonyl (C=O) groups excluding carboxylic acids is 1. The predicted molar refractivity (Wildman–Crippen MR) is 77.9 cm³/mol. The summed E-state index contributed by atoms with van der Waals surface area (Å²) in [4.78, 5) is 22.7. The van der Waals surface area contributed by atoms with Crippen molar-refractivity contribution >= 4 is 21.7 Å².